The summed E-state index contributed by atoms with van der Waals surface area (Å²) in [5, 5.41) is 12.0. The number of amides is 6. The van der Waals surface area contributed by atoms with E-state index in [1.165, 1.54) is 23.1 Å². The maximum atomic E-state index is 14.3. The Morgan fingerprint density at radius 2 is 1.64 bits per heavy atom. The number of fused-ring (bicyclic) bond motifs is 3. The first-order valence-corrected chi connectivity index (χ1v) is 20.0. The summed E-state index contributed by atoms with van der Waals surface area (Å²) in [7, 11) is 0. The molecule has 1 unspecified atom stereocenters. The summed E-state index contributed by atoms with van der Waals surface area (Å²) in [5.41, 5.74) is 2.65. The highest BCUT2D eigenvalue weighted by atomic mass is 35.5. The zero-order valence-corrected chi connectivity index (χ0v) is 32.4. The number of rotatable bonds is 14. The Hall–Kier alpha value is -5.64. The number of urea groups is 1. The predicted octanol–water partition coefficient (Wildman–Crippen LogP) is 6.69. The molecule has 4 N–H and O–H groups in total. The first-order valence-electron chi connectivity index (χ1n) is 19.6. The molecule has 4 aliphatic rings. The van der Waals surface area contributed by atoms with Gasteiger partial charge in [-0.1, -0.05) is 43.4 Å². The predicted molar refractivity (Wildman–Crippen MR) is 214 cm³/mol. The lowest BCUT2D eigenvalue weighted by molar-refractivity contribution is -0.136. The second-order valence-electron chi connectivity index (χ2n) is 14.8. The maximum Gasteiger partial charge on any atom is 0.317 e. The molecule has 17 heteroatoms. The van der Waals surface area contributed by atoms with E-state index in [-0.39, 0.29) is 36.0 Å². The molecule has 58 heavy (non-hydrogen) atoms. The fraction of sp³-hybridized carbons (Fsp3) is 0.415. The van der Waals surface area contributed by atoms with Gasteiger partial charge in [0, 0.05) is 48.9 Å². The highest BCUT2D eigenvalue weighted by Crippen LogP contribution is 2.40. The number of unbranched alkanes of at least 4 members (excludes halogenated alkanes) is 5. The fourth-order valence-electron chi connectivity index (χ4n) is 7.90. The minimum absolute atomic E-state index is 0.0609. The molecule has 306 valence electrons. The van der Waals surface area contributed by atoms with Crippen LogP contribution < -0.4 is 26.2 Å². The molecule has 3 aromatic carbocycles. The van der Waals surface area contributed by atoms with E-state index in [0.717, 1.165) is 43.4 Å². The van der Waals surface area contributed by atoms with Crippen LogP contribution in [0.1, 0.15) is 84.1 Å². The van der Waals surface area contributed by atoms with E-state index in [4.69, 9.17) is 16.6 Å². The number of anilines is 4. The van der Waals surface area contributed by atoms with Gasteiger partial charge < -0.3 is 25.8 Å². The summed E-state index contributed by atoms with van der Waals surface area (Å²) < 4.78 is 41.8. The number of imide groups is 2. The van der Waals surface area contributed by atoms with Gasteiger partial charge in [0.1, 0.15) is 17.7 Å². The lowest BCUT2D eigenvalue weighted by Gasteiger charge is -2.27. The summed E-state index contributed by atoms with van der Waals surface area (Å²) >= 11 is 6.34. The van der Waals surface area contributed by atoms with Gasteiger partial charge >= 0.3 is 6.03 Å². The van der Waals surface area contributed by atoms with Crippen LogP contribution >= 0.6 is 11.6 Å². The molecule has 0 aliphatic carbocycles. The quantitative estimate of drug-likeness (QED) is 0.104. The van der Waals surface area contributed by atoms with Gasteiger partial charge in [-0.15, -0.1) is 0 Å². The van der Waals surface area contributed by atoms with Gasteiger partial charge in [0.05, 0.1) is 40.8 Å². The summed E-state index contributed by atoms with van der Waals surface area (Å²) in [4.78, 5) is 72.3. The van der Waals surface area contributed by atoms with Crippen LogP contribution in [0.15, 0.2) is 59.6 Å². The first-order chi connectivity index (χ1) is 28.0. The van der Waals surface area contributed by atoms with Gasteiger partial charge in [0.15, 0.2) is 0 Å². The molecule has 2 saturated heterocycles. The van der Waals surface area contributed by atoms with Crippen molar-refractivity contribution in [2.45, 2.75) is 76.3 Å². The molecule has 6 amide bonds. The molecule has 0 saturated carbocycles. The first kappa shape index (κ1) is 40.6. The van der Waals surface area contributed by atoms with E-state index in [2.05, 4.69) is 21.3 Å². The number of carbonyl (C=O) groups excluding carboxylic acids is 5. The number of benzene rings is 3. The Labute approximate surface area is 338 Å². The van der Waals surface area contributed by atoms with Crippen LogP contribution in [0, 0.1) is 5.82 Å². The van der Waals surface area contributed by atoms with Crippen LogP contribution in [-0.2, 0) is 9.59 Å². The van der Waals surface area contributed by atoms with E-state index < -0.39 is 48.5 Å². The lowest BCUT2D eigenvalue weighted by atomic mass is 10.0. The van der Waals surface area contributed by atoms with Crippen molar-refractivity contribution in [1.82, 2.24) is 20.4 Å². The van der Waals surface area contributed by atoms with Crippen LogP contribution in [-0.4, -0.2) is 96.5 Å². The third kappa shape index (κ3) is 8.91. The van der Waals surface area contributed by atoms with Crippen molar-refractivity contribution in [3.05, 3.63) is 82.1 Å². The number of hydrogen-bond acceptors (Lipinski definition) is 8. The topological polar surface area (TPSA) is 156 Å². The second kappa shape index (κ2) is 17.9. The molecule has 3 aromatic rings. The van der Waals surface area contributed by atoms with Crippen molar-refractivity contribution in [3.8, 4) is 0 Å². The number of nitrogens with one attached hydrogen (secondary N) is 4. The summed E-state index contributed by atoms with van der Waals surface area (Å²) in [5.74, 6) is -2.31. The average molecular weight is 821 g/mol. The average Bonchev–Trinajstić information content (AvgIpc) is 3.73. The van der Waals surface area contributed by atoms with Crippen LogP contribution in [0.3, 0.4) is 0 Å². The third-order valence-corrected chi connectivity index (χ3v) is 11.0. The number of aliphatic imine (C=N–C) groups is 1. The van der Waals surface area contributed by atoms with Crippen LogP contribution in [0.4, 0.5) is 40.7 Å². The molecule has 4 heterocycles. The summed E-state index contributed by atoms with van der Waals surface area (Å²) in [6.45, 7) is 1.34. The van der Waals surface area contributed by atoms with Crippen molar-refractivity contribution in [2.24, 2.45) is 4.99 Å². The maximum absolute atomic E-state index is 14.3. The minimum Gasteiger partial charge on any atom is -0.384 e. The molecule has 2 atom stereocenters. The fourth-order valence-corrected chi connectivity index (χ4v) is 8.07. The van der Waals surface area contributed by atoms with Gasteiger partial charge in [0.2, 0.25) is 11.8 Å². The second-order valence-corrected chi connectivity index (χ2v) is 15.2. The van der Waals surface area contributed by atoms with Gasteiger partial charge in [0.25, 0.3) is 18.2 Å². The molecule has 7 rings (SSSR count). The Morgan fingerprint density at radius 1 is 0.879 bits per heavy atom. The number of likely N-dealkylation sites (tertiary alicyclic amines) is 1. The molecule has 0 aromatic heterocycles. The van der Waals surface area contributed by atoms with Gasteiger partial charge in [-0.05, 0) is 74.2 Å². The number of nitrogens with zero attached hydrogens (tertiary/aromatic N) is 4. The number of carbonyl (C=O) groups is 5. The van der Waals surface area contributed by atoms with E-state index in [1.807, 2.05) is 0 Å². The van der Waals surface area contributed by atoms with Crippen LogP contribution in [0.2, 0.25) is 5.02 Å². The van der Waals surface area contributed by atoms with E-state index in [9.17, 15) is 37.1 Å². The number of alkyl halides is 2. The molecule has 0 radical (unpaired) electrons. The van der Waals surface area contributed by atoms with E-state index >= 15 is 0 Å². The standard InChI is InChI=1S/C41H44ClF3N8O5/c42-24-10-12-31-28(20-24)37(49-30-21-25(43)11-13-32(30)52(31)23-34(44)45)48-26-16-19-51(22-26)41(58)47-18-6-4-2-1-3-5-17-46-29-9-7-8-27-36(29)40(57)53(39(27)56)33-14-15-35(54)50-38(33)55/h7-13,20-21,26,33-34,46H,1-6,14-19,22-23H2,(H,47,58)(H,48,49)(H,50,54,55)/t26-,33?/m0/s1. The Bertz CT molecular complexity index is 2140. The van der Waals surface area contributed by atoms with Crippen LogP contribution in [0.25, 0.3) is 0 Å². The molecule has 13 nitrogen and oxygen atoms in total. The number of amidine groups is 1. The van der Waals surface area contributed by atoms with E-state index in [1.54, 1.807) is 41.3 Å². The van der Waals surface area contributed by atoms with Crippen molar-refractivity contribution in [3.63, 3.8) is 0 Å². The number of piperidine rings is 1. The van der Waals surface area contributed by atoms with Gasteiger partial charge in [-0.3, -0.25) is 34.4 Å². The zero-order chi connectivity index (χ0) is 40.9. The Kier molecular flexibility index (Phi) is 12.5. The lowest BCUT2D eigenvalue weighted by Crippen LogP contribution is -2.54. The highest BCUT2D eigenvalue weighted by Gasteiger charge is 2.45. The Balaban J connectivity index is 0.830. The van der Waals surface area contributed by atoms with Gasteiger partial charge in [-0.2, -0.15) is 0 Å². The highest BCUT2D eigenvalue weighted by molar-refractivity contribution is 6.31. The normalized spacial score (nSPS) is 19.5. The SMILES string of the molecule is O=C1CCC(N2C(=O)c3cccc(NCCCCCCCCNC(=O)N4CC[C@H](N=C5Nc6cc(F)ccc6N(CC(F)F)c6ccc(Cl)cc65)C4)c3C2=O)C(=O)N1. The zero-order valence-electron chi connectivity index (χ0n) is 31.7. The molecule has 0 spiro atoms. The largest absolute Gasteiger partial charge is 0.384 e. The van der Waals surface area contributed by atoms with Crippen LogP contribution in [0.5, 0.6) is 0 Å². The van der Waals surface area contributed by atoms with Gasteiger partial charge in [-0.25, -0.2) is 18.0 Å². The smallest absolute Gasteiger partial charge is 0.317 e. The minimum atomic E-state index is -2.66. The van der Waals surface area contributed by atoms with Crippen molar-refractivity contribution in [2.75, 3.05) is 48.3 Å². The van der Waals surface area contributed by atoms with Crippen molar-refractivity contribution in [1.29, 1.82) is 0 Å². The van der Waals surface area contributed by atoms with E-state index in [0.29, 0.717) is 71.8 Å². The number of halogens is 4. The number of hydrogen-bond donors (Lipinski definition) is 4. The third-order valence-electron chi connectivity index (χ3n) is 10.8. The summed E-state index contributed by atoms with van der Waals surface area (Å²) in [6.07, 6.45) is 3.57. The Morgan fingerprint density at radius 3 is 2.41 bits per heavy atom. The summed E-state index contributed by atoms with van der Waals surface area (Å²) in [6, 6.07) is 12.3. The van der Waals surface area contributed by atoms with Crippen molar-refractivity contribution >= 4 is 69.8 Å². The molecule has 2 fully saturated rings. The molecule has 0 bridgehead atoms. The monoisotopic (exact) mass is 820 g/mol. The molecular formula is C41H44ClF3N8O5. The molecular weight excluding hydrogens is 777 g/mol. The van der Waals surface area contributed by atoms with Crippen molar-refractivity contribution < 1.29 is 37.1 Å². The molecule has 4 aliphatic heterocycles.